The third kappa shape index (κ3) is 6.26. The van der Waals surface area contributed by atoms with Crippen LogP contribution in [-0.4, -0.2) is 22.8 Å². The molecule has 16 heavy (non-hydrogen) atoms. The first-order chi connectivity index (χ1) is 7.13. The molecule has 0 spiro atoms. The Bertz CT molecular complexity index is 344. The van der Waals surface area contributed by atoms with Gasteiger partial charge in [-0.25, -0.2) is 4.79 Å². The molecule has 0 aromatic carbocycles. The molecule has 0 fully saturated rings. The molecule has 0 aliphatic rings. The number of allylic oxidation sites excluding steroid dienone is 1. The van der Waals surface area contributed by atoms with Gasteiger partial charge in [0.1, 0.15) is 11.7 Å². The van der Waals surface area contributed by atoms with Crippen LogP contribution < -0.4 is 0 Å². The second-order valence-electron chi connectivity index (χ2n) is 4.86. The van der Waals surface area contributed by atoms with E-state index in [1.807, 2.05) is 13.8 Å². The molecule has 1 N–H and O–H groups in total. The van der Waals surface area contributed by atoms with Gasteiger partial charge in [0.2, 0.25) is 0 Å². The Morgan fingerprint density at radius 2 is 1.75 bits per heavy atom. The summed E-state index contributed by atoms with van der Waals surface area (Å²) in [6.45, 7) is 10.9. The molecule has 0 aromatic heterocycles. The third-order valence-electron chi connectivity index (χ3n) is 1.91. The van der Waals surface area contributed by atoms with Crippen molar-refractivity contribution in [1.29, 1.82) is 0 Å². The molecule has 3 nitrogen and oxygen atoms in total. The summed E-state index contributed by atoms with van der Waals surface area (Å²) in [5, 5.41) is 9.60. The first kappa shape index (κ1) is 14.7. The zero-order valence-corrected chi connectivity index (χ0v) is 10.8. The fourth-order valence-electron chi connectivity index (χ4n) is 0.813. The van der Waals surface area contributed by atoms with Crippen LogP contribution in [0.5, 0.6) is 0 Å². The monoisotopic (exact) mass is 224 g/mol. The van der Waals surface area contributed by atoms with Gasteiger partial charge in [0.25, 0.3) is 0 Å². The molecule has 0 saturated heterocycles. The van der Waals surface area contributed by atoms with Gasteiger partial charge in [0.05, 0.1) is 0 Å². The van der Waals surface area contributed by atoms with Crippen molar-refractivity contribution in [3.8, 4) is 11.8 Å². The fourth-order valence-corrected chi connectivity index (χ4v) is 0.813. The highest BCUT2D eigenvalue weighted by molar-refractivity contribution is 5.88. The van der Waals surface area contributed by atoms with E-state index in [1.54, 1.807) is 27.7 Å². The Hall–Kier alpha value is -1.27. The van der Waals surface area contributed by atoms with Gasteiger partial charge < -0.3 is 9.84 Å². The van der Waals surface area contributed by atoms with Gasteiger partial charge in [-0.3, -0.25) is 0 Å². The highest BCUT2D eigenvalue weighted by atomic mass is 16.6. The zero-order valence-electron chi connectivity index (χ0n) is 10.8. The highest BCUT2D eigenvalue weighted by Crippen LogP contribution is 2.08. The SMILES string of the molecule is CC(C)=C(C)C(O)C#CC(=O)OC(C)(C)C. The van der Waals surface area contributed by atoms with Crippen LogP contribution in [0, 0.1) is 11.8 Å². The molecule has 0 aliphatic heterocycles. The van der Waals surface area contributed by atoms with E-state index in [0.29, 0.717) is 0 Å². The van der Waals surface area contributed by atoms with Crippen LogP contribution in [0.3, 0.4) is 0 Å². The molecule has 0 bridgehead atoms. The van der Waals surface area contributed by atoms with Gasteiger partial charge in [-0.15, -0.1) is 0 Å². The zero-order chi connectivity index (χ0) is 12.9. The van der Waals surface area contributed by atoms with Crippen LogP contribution in [0.1, 0.15) is 41.5 Å². The molecule has 0 radical (unpaired) electrons. The summed E-state index contributed by atoms with van der Waals surface area (Å²) in [6.07, 6.45) is -0.905. The minimum absolute atomic E-state index is 0.553. The van der Waals surface area contributed by atoms with Gasteiger partial charge in [-0.05, 0) is 47.1 Å². The molecule has 0 saturated carbocycles. The molecular formula is C13H20O3. The minimum atomic E-state index is -0.905. The van der Waals surface area contributed by atoms with Crippen LogP contribution in [0.25, 0.3) is 0 Å². The van der Waals surface area contributed by atoms with Crippen LogP contribution in [-0.2, 0) is 9.53 Å². The normalized spacial score (nSPS) is 12.2. The Kier molecular flexibility index (Phi) is 5.26. The van der Waals surface area contributed by atoms with Crippen LogP contribution >= 0.6 is 0 Å². The van der Waals surface area contributed by atoms with E-state index < -0.39 is 17.7 Å². The van der Waals surface area contributed by atoms with Gasteiger partial charge in [0, 0.05) is 5.92 Å². The van der Waals surface area contributed by atoms with Gasteiger partial charge in [-0.1, -0.05) is 11.5 Å². The minimum Gasteiger partial charge on any atom is -0.450 e. The topological polar surface area (TPSA) is 46.5 Å². The molecule has 0 aliphatic carbocycles. The first-order valence-electron chi connectivity index (χ1n) is 5.20. The number of hydrogen-bond acceptors (Lipinski definition) is 3. The smallest absolute Gasteiger partial charge is 0.384 e. The molecule has 0 heterocycles. The van der Waals surface area contributed by atoms with Crippen LogP contribution in [0.2, 0.25) is 0 Å². The van der Waals surface area contributed by atoms with E-state index in [2.05, 4.69) is 11.8 Å². The molecule has 0 rings (SSSR count). The lowest BCUT2D eigenvalue weighted by Gasteiger charge is -2.17. The largest absolute Gasteiger partial charge is 0.450 e. The van der Waals surface area contributed by atoms with E-state index in [9.17, 15) is 9.90 Å². The molecule has 1 atom stereocenters. The maximum absolute atomic E-state index is 11.2. The summed E-state index contributed by atoms with van der Waals surface area (Å²) >= 11 is 0. The number of hydrogen-bond donors (Lipinski definition) is 1. The average Bonchev–Trinajstić information content (AvgIpc) is 2.09. The van der Waals surface area contributed by atoms with Crippen molar-refractivity contribution >= 4 is 5.97 Å². The van der Waals surface area contributed by atoms with Crippen LogP contribution in [0.4, 0.5) is 0 Å². The molecule has 90 valence electrons. The Balaban J connectivity index is 4.53. The second-order valence-corrected chi connectivity index (χ2v) is 4.86. The molecular weight excluding hydrogens is 204 g/mol. The third-order valence-corrected chi connectivity index (χ3v) is 1.91. The van der Waals surface area contributed by atoms with E-state index in [-0.39, 0.29) is 0 Å². The standard InChI is InChI=1S/C13H20O3/c1-9(2)10(3)11(14)7-8-12(15)16-13(4,5)6/h11,14H,1-6H3. The maximum Gasteiger partial charge on any atom is 0.384 e. The van der Waals surface area contributed by atoms with Crippen molar-refractivity contribution in [2.45, 2.75) is 53.2 Å². The number of esters is 1. The van der Waals surface area contributed by atoms with Crippen molar-refractivity contribution in [3.63, 3.8) is 0 Å². The van der Waals surface area contributed by atoms with E-state index in [4.69, 9.17) is 4.74 Å². The van der Waals surface area contributed by atoms with Crippen molar-refractivity contribution in [3.05, 3.63) is 11.1 Å². The summed E-state index contributed by atoms with van der Waals surface area (Å²) in [4.78, 5) is 11.2. The van der Waals surface area contributed by atoms with Gasteiger partial charge >= 0.3 is 5.97 Å². The molecule has 0 amide bonds. The predicted molar refractivity (Wildman–Crippen MR) is 63.7 cm³/mol. The quantitative estimate of drug-likeness (QED) is 0.321. The number of ether oxygens (including phenoxy) is 1. The van der Waals surface area contributed by atoms with E-state index in [1.165, 1.54) is 0 Å². The van der Waals surface area contributed by atoms with Crippen molar-refractivity contribution < 1.29 is 14.6 Å². The highest BCUT2D eigenvalue weighted by Gasteiger charge is 2.14. The van der Waals surface area contributed by atoms with E-state index >= 15 is 0 Å². The summed E-state index contributed by atoms with van der Waals surface area (Å²) in [7, 11) is 0. The number of carbonyl (C=O) groups excluding carboxylic acids is 1. The number of aliphatic hydroxyl groups excluding tert-OH is 1. The average molecular weight is 224 g/mol. The van der Waals surface area contributed by atoms with Crippen molar-refractivity contribution in [2.75, 3.05) is 0 Å². The molecule has 1 unspecified atom stereocenters. The Morgan fingerprint density at radius 1 is 1.25 bits per heavy atom. The summed E-state index contributed by atoms with van der Waals surface area (Å²) in [6, 6.07) is 0. The lowest BCUT2D eigenvalue weighted by atomic mass is 10.1. The van der Waals surface area contributed by atoms with Crippen LogP contribution in [0.15, 0.2) is 11.1 Å². The van der Waals surface area contributed by atoms with Gasteiger partial charge in [0.15, 0.2) is 0 Å². The molecule has 3 heteroatoms. The van der Waals surface area contributed by atoms with E-state index in [0.717, 1.165) is 11.1 Å². The first-order valence-corrected chi connectivity index (χ1v) is 5.20. The number of aliphatic hydroxyl groups is 1. The lowest BCUT2D eigenvalue weighted by molar-refractivity contribution is -0.147. The summed E-state index contributed by atoms with van der Waals surface area (Å²) in [5.41, 5.74) is 1.20. The van der Waals surface area contributed by atoms with Crippen molar-refractivity contribution in [1.82, 2.24) is 0 Å². The lowest BCUT2D eigenvalue weighted by Crippen LogP contribution is -2.23. The summed E-state index contributed by atoms with van der Waals surface area (Å²) in [5.74, 6) is 4.12. The predicted octanol–water partition coefficient (Wildman–Crippen LogP) is 2.05. The second kappa shape index (κ2) is 5.72. The Morgan fingerprint density at radius 3 is 2.12 bits per heavy atom. The molecule has 0 aromatic rings. The van der Waals surface area contributed by atoms with Crippen molar-refractivity contribution in [2.24, 2.45) is 0 Å². The Labute approximate surface area is 97.5 Å². The number of rotatable bonds is 1. The summed E-state index contributed by atoms with van der Waals surface area (Å²) < 4.78 is 4.99. The number of carbonyl (C=O) groups is 1. The fraction of sp³-hybridized carbons (Fsp3) is 0.615. The van der Waals surface area contributed by atoms with Gasteiger partial charge in [-0.2, -0.15) is 0 Å². The maximum atomic E-state index is 11.2.